The number of hydrogen-bond donors (Lipinski definition) is 0. The van der Waals surface area contributed by atoms with Gasteiger partial charge in [-0.1, -0.05) is 48.5 Å². The Bertz CT molecular complexity index is 419. The van der Waals surface area contributed by atoms with Gasteiger partial charge in [0.15, 0.2) is 0 Å². The number of anilines is 1. The van der Waals surface area contributed by atoms with Crippen molar-refractivity contribution < 1.29 is 0 Å². The number of benzene rings is 2. The van der Waals surface area contributed by atoms with Crippen LogP contribution in [0.4, 0.5) is 5.69 Å². The lowest BCUT2D eigenvalue weighted by atomic mass is 10.2. The van der Waals surface area contributed by atoms with Crippen LogP contribution in [0.5, 0.6) is 0 Å². The van der Waals surface area contributed by atoms with Crippen molar-refractivity contribution >= 4 is 30.0 Å². The quantitative estimate of drug-likeness (QED) is 0.754. The van der Waals surface area contributed by atoms with Crippen LogP contribution >= 0.6 is 24.4 Å². The molecule has 0 bridgehead atoms. The average molecular weight is 266 g/mol. The van der Waals surface area contributed by atoms with Gasteiger partial charge in [0.1, 0.15) is 0 Å². The second-order valence-electron chi connectivity index (χ2n) is 3.59. The summed E-state index contributed by atoms with van der Waals surface area (Å²) in [5.74, 6) is 1.01. The van der Waals surface area contributed by atoms with Gasteiger partial charge in [0.2, 0.25) is 0 Å². The summed E-state index contributed by atoms with van der Waals surface area (Å²) in [7, 11) is 2.10. The zero-order valence-electron chi connectivity index (χ0n) is 9.74. The molecule has 0 saturated carbocycles. The van der Waals surface area contributed by atoms with Crippen molar-refractivity contribution in [3.8, 4) is 0 Å². The Morgan fingerprint density at radius 2 is 1.41 bits per heavy atom. The van der Waals surface area contributed by atoms with E-state index in [0.717, 1.165) is 5.75 Å². The Balaban J connectivity index is 0.00000144. The van der Waals surface area contributed by atoms with Crippen LogP contribution in [-0.4, -0.2) is 7.05 Å². The first-order chi connectivity index (χ1) is 7.86. The van der Waals surface area contributed by atoms with Gasteiger partial charge in [0.25, 0.3) is 0 Å². The zero-order chi connectivity index (χ0) is 11.2. The highest BCUT2D eigenvalue weighted by Crippen LogP contribution is 2.22. The van der Waals surface area contributed by atoms with Gasteiger partial charge >= 0.3 is 0 Å². The standard InChI is InChI=1S/C14H15NS.ClH/c1-15(14-10-6-3-7-11-14)16-12-13-8-4-2-5-9-13;/h2-11H,12H2,1H3;1H. The molecule has 0 fully saturated rings. The van der Waals surface area contributed by atoms with E-state index in [9.17, 15) is 0 Å². The van der Waals surface area contributed by atoms with Gasteiger partial charge in [-0.15, -0.1) is 12.4 Å². The largest absolute Gasteiger partial charge is 0.319 e. The van der Waals surface area contributed by atoms with E-state index in [1.165, 1.54) is 11.3 Å². The Morgan fingerprint density at radius 1 is 0.882 bits per heavy atom. The molecule has 2 aromatic rings. The molecule has 0 radical (unpaired) electrons. The molecule has 0 saturated heterocycles. The molecule has 0 spiro atoms. The molecule has 0 unspecified atom stereocenters. The predicted molar refractivity (Wildman–Crippen MR) is 79.8 cm³/mol. The van der Waals surface area contributed by atoms with E-state index in [-0.39, 0.29) is 12.4 Å². The van der Waals surface area contributed by atoms with Crippen molar-refractivity contribution in [2.45, 2.75) is 5.75 Å². The molecule has 17 heavy (non-hydrogen) atoms. The summed E-state index contributed by atoms with van der Waals surface area (Å²) in [5, 5.41) is 0. The fourth-order valence-electron chi connectivity index (χ4n) is 1.46. The first kappa shape index (κ1) is 13.9. The molecule has 0 atom stereocenters. The molecular weight excluding hydrogens is 250 g/mol. The lowest BCUT2D eigenvalue weighted by Crippen LogP contribution is -2.06. The van der Waals surface area contributed by atoms with Gasteiger partial charge in [-0.2, -0.15) is 0 Å². The first-order valence-corrected chi connectivity index (χ1v) is 6.26. The lowest BCUT2D eigenvalue weighted by molar-refractivity contribution is 1.32. The number of halogens is 1. The van der Waals surface area contributed by atoms with Crippen LogP contribution in [0.3, 0.4) is 0 Å². The normalized spacial score (nSPS) is 9.47. The second kappa shape index (κ2) is 7.25. The molecule has 0 amide bonds. The van der Waals surface area contributed by atoms with Crippen molar-refractivity contribution in [1.29, 1.82) is 0 Å². The molecule has 0 heterocycles. The number of para-hydroxylation sites is 1. The van der Waals surface area contributed by atoms with E-state index >= 15 is 0 Å². The van der Waals surface area contributed by atoms with Crippen LogP contribution in [0.15, 0.2) is 60.7 Å². The molecule has 2 aromatic carbocycles. The summed E-state index contributed by atoms with van der Waals surface area (Å²) in [4.78, 5) is 0. The average Bonchev–Trinajstić information content (AvgIpc) is 2.38. The van der Waals surface area contributed by atoms with E-state index in [2.05, 4.69) is 66.0 Å². The van der Waals surface area contributed by atoms with Gasteiger partial charge in [-0.05, 0) is 29.6 Å². The first-order valence-electron chi connectivity index (χ1n) is 5.32. The van der Waals surface area contributed by atoms with Crippen molar-refractivity contribution in [2.24, 2.45) is 0 Å². The van der Waals surface area contributed by atoms with Crippen LogP contribution in [0.2, 0.25) is 0 Å². The lowest BCUT2D eigenvalue weighted by Gasteiger charge is -2.17. The Kier molecular flexibility index (Phi) is 5.95. The summed E-state index contributed by atoms with van der Waals surface area (Å²) >= 11 is 1.82. The van der Waals surface area contributed by atoms with Crippen LogP contribution in [-0.2, 0) is 5.75 Å². The van der Waals surface area contributed by atoms with Gasteiger partial charge in [-0.3, -0.25) is 0 Å². The van der Waals surface area contributed by atoms with E-state index in [4.69, 9.17) is 0 Å². The monoisotopic (exact) mass is 265 g/mol. The second-order valence-corrected chi connectivity index (χ2v) is 4.69. The fourth-order valence-corrected chi connectivity index (χ4v) is 2.26. The molecule has 1 nitrogen and oxygen atoms in total. The third-order valence-corrected chi connectivity index (χ3v) is 3.45. The predicted octanol–water partition coefficient (Wildman–Crippen LogP) is 4.39. The number of nitrogens with zero attached hydrogens (tertiary/aromatic N) is 1. The topological polar surface area (TPSA) is 3.24 Å². The molecule has 2 rings (SSSR count). The maximum atomic E-state index is 2.20. The SMILES string of the molecule is CN(SCc1ccccc1)c1ccccc1.Cl. The van der Waals surface area contributed by atoms with E-state index < -0.39 is 0 Å². The Morgan fingerprint density at radius 3 is 2.00 bits per heavy atom. The van der Waals surface area contributed by atoms with Crippen molar-refractivity contribution in [3.05, 3.63) is 66.2 Å². The molecule has 0 aliphatic rings. The van der Waals surface area contributed by atoms with Gasteiger partial charge in [-0.25, -0.2) is 0 Å². The molecular formula is C14H16ClNS. The maximum Gasteiger partial charge on any atom is 0.0466 e. The third kappa shape index (κ3) is 4.33. The number of hydrogen-bond acceptors (Lipinski definition) is 2. The molecule has 0 aliphatic carbocycles. The van der Waals surface area contributed by atoms with Gasteiger partial charge in [0.05, 0.1) is 0 Å². The van der Waals surface area contributed by atoms with Crippen LogP contribution < -0.4 is 4.31 Å². The van der Waals surface area contributed by atoms with E-state index in [0.29, 0.717) is 0 Å². The minimum atomic E-state index is 0. The van der Waals surface area contributed by atoms with Crippen LogP contribution in [0.25, 0.3) is 0 Å². The minimum absolute atomic E-state index is 0. The Hall–Kier alpha value is -1.12. The molecule has 90 valence electrons. The molecule has 0 aliphatic heterocycles. The zero-order valence-corrected chi connectivity index (χ0v) is 11.4. The molecule has 0 aromatic heterocycles. The van der Waals surface area contributed by atoms with Crippen LogP contribution in [0.1, 0.15) is 5.56 Å². The smallest absolute Gasteiger partial charge is 0.0466 e. The van der Waals surface area contributed by atoms with Crippen molar-refractivity contribution in [2.75, 3.05) is 11.4 Å². The highest BCUT2D eigenvalue weighted by atomic mass is 35.5. The number of rotatable bonds is 4. The summed E-state index contributed by atoms with van der Waals surface area (Å²) in [6.07, 6.45) is 0. The van der Waals surface area contributed by atoms with Crippen molar-refractivity contribution in [1.82, 2.24) is 0 Å². The highest BCUT2D eigenvalue weighted by Gasteiger charge is 2.00. The summed E-state index contributed by atoms with van der Waals surface area (Å²) in [5.41, 5.74) is 2.60. The van der Waals surface area contributed by atoms with Crippen molar-refractivity contribution in [3.63, 3.8) is 0 Å². The van der Waals surface area contributed by atoms with Gasteiger partial charge < -0.3 is 4.31 Å². The highest BCUT2D eigenvalue weighted by molar-refractivity contribution is 7.99. The van der Waals surface area contributed by atoms with E-state index in [1.807, 2.05) is 18.0 Å². The molecule has 3 heteroatoms. The Labute approximate surface area is 113 Å². The fraction of sp³-hybridized carbons (Fsp3) is 0.143. The summed E-state index contributed by atoms with van der Waals surface area (Å²) in [6, 6.07) is 20.9. The maximum absolute atomic E-state index is 2.20. The summed E-state index contributed by atoms with van der Waals surface area (Å²) < 4.78 is 2.20. The minimum Gasteiger partial charge on any atom is -0.319 e. The van der Waals surface area contributed by atoms with Gasteiger partial charge in [0, 0.05) is 18.5 Å². The van der Waals surface area contributed by atoms with Crippen LogP contribution in [0, 0.1) is 0 Å². The summed E-state index contributed by atoms with van der Waals surface area (Å²) in [6.45, 7) is 0. The van der Waals surface area contributed by atoms with E-state index in [1.54, 1.807) is 0 Å². The third-order valence-electron chi connectivity index (χ3n) is 2.39. The molecule has 0 N–H and O–H groups in total.